The Kier molecular flexibility index (Phi) is 9.61. The molecule has 6 heteroatoms. The van der Waals surface area contributed by atoms with Crippen LogP contribution in [0.2, 0.25) is 0 Å². The second-order valence-electron chi connectivity index (χ2n) is 7.62. The largest absolute Gasteiger partial charge is 0.481 e. The highest BCUT2D eigenvalue weighted by Crippen LogP contribution is 2.45. The number of fused-ring (bicyclic) bond motifs is 2. The second kappa shape index (κ2) is 11.7. The van der Waals surface area contributed by atoms with Crippen LogP contribution in [0.25, 0.3) is 0 Å². The van der Waals surface area contributed by atoms with Crippen LogP contribution < -0.4 is 0 Å². The summed E-state index contributed by atoms with van der Waals surface area (Å²) >= 11 is 0. The van der Waals surface area contributed by atoms with E-state index in [2.05, 4.69) is 17.9 Å². The highest BCUT2D eigenvalue weighted by atomic mass is 17.2. The van der Waals surface area contributed by atoms with E-state index in [-0.39, 0.29) is 24.7 Å². The lowest BCUT2D eigenvalue weighted by molar-refractivity contribution is -0.337. The lowest BCUT2D eigenvalue weighted by Gasteiger charge is -2.28. The molecule has 26 heavy (non-hydrogen) atoms. The smallest absolute Gasteiger partial charge is 0.303 e. The van der Waals surface area contributed by atoms with E-state index in [1.807, 2.05) is 6.08 Å². The molecular formula is C20H34O6. The fourth-order valence-corrected chi connectivity index (χ4v) is 4.13. The Balaban J connectivity index is 1.76. The maximum atomic E-state index is 10.5. The van der Waals surface area contributed by atoms with Crippen molar-refractivity contribution in [1.82, 2.24) is 0 Å². The molecule has 1 heterocycles. The number of hydrogen-bond donors (Lipinski definition) is 2. The summed E-state index contributed by atoms with van der Waals surface area (Å²) in [5, 5.41) is 17.8. The van der Waals surface area contributed by atoms with Gasteiger partial charge in [0, 0.05) is 18.8 Å². The highest BCUT2D eigenvalue weighted by molar-refractivity contribution is 5.66. The van der Waals surface area contributed by atoms with Gasteiger partial charge in [-0.1, -0.05) is 57.6 Å². The van der Waals surface area contributed by atoms with E-state index >= 15 is 0 Å². The summed E-state index contributed by atoms with van der Waals surface area (Å²) in [7, 11) is 0. The normalized spacial score (nSPS) is 28.8. The molecule has 0 aromatic heterocycles. The van der Waals surface area contributed by atoms with Crippen molar-refractivity contribution in [1.29, 1.82) is 0 Å². The summed E-state index contributed by atoms with van der Waals surface area (Å²) < 4.78 is 0. The molecule has 0 radical (unpaired) electrons. The molecule has 6 nitrogen and oxygen atoms in total. The number of unbranched alkanes of at least 4 members (excludes halogenated alkanes) is 5. The molecule has 2 fully saturated rings. The molecule has 2 N–H and O–H groups in total. The Bertz CT molecular complexity index is 438. The first-order valence-electron chi connectivity index (χ1n) is 10.2. The Morgan fingerprint density at radius 1 is 1.15 bits per heavy atom. The molecule has 1 aliphatic carbocycles. The molecule has 1 aliphatic heterocycles. The van der Waals surface area contributed by atoms with Gasteiger partial charge in [-0.2, -0.15) is 0 Å². The average molecular weight is 370 g/mol. The third-order valence-electron chi connectivity index (χ3n) is 5.62. The molecule has 5 atom stereocenters. The van der Waals surface area contributed by atoms with Crippen LogP contribution >= 0.6 is 0 Å². The molecule has 150 valence electrons. The Morgan fingerprint density at radius 3 is 2.65 bits per heavy atom. The minimum Gasteiger partial charge on any atom is -0.481 e. The summed E-state index contributed by atoms with van der Waals surface area (Å²) in [6, 6.07) is 0. The van der Waals surface area contributed by atoms with Crippen molar-refractivity contribution >= 4 is 5.97 Å². The lowest BCUT2D eigenvalue weighted by atomic mass is 9.87. The second-order valence-corrected chi connectivity index (χ2v) is 7.62. The van der Waals surface area contributed by atoms with Gasteiger partial charge >= 0.3 is 5.97 Å². The van der Waals surface area contributed by atoms with Crippen molar-refractivity contribution in [2.24, 2.45) is 11.8 Å². The molecule has 2 bridgehead atoms. The van der Waals surface area contributed by atoms with Gasteiger partial charge in [-0.3, -0.25) is 10.1 Å². The van der Waals surface area contributed by atoms with Gasteiger partial charge in [-0.15, -0.1) is 0 Å². The maximum absolute atomic E-state index is 10.5. The van der Waals surface area contributed by atoms with E-state index in [0.29, 0.717) is 11.8 Å². The first-order valence-corrected chi connectivity index (χ1v) is 10.2. The highest BCUT2D eigenvalue weighted by Gasteiger charge is 2.49. The van der Waals surface area contributed by atoms with E-state index in [1.165, 1.54) is 0 Å². The van der Waals surface area contributed by atoms with Crippen LogP contribution in [-0.4, -0.2) is 34.6 Å². The number of aliphatic carboxylic acids is 1. The standard InChI is InChI=1S/C20H34O6/c1-2-3-6-9-15(24-23)12-13-17-16(18-14-19(17)26-25-18)10-7-4-5-8-11-20(21)22/h12-13,15-19,23H,2-11,14H2,1H3,(H,21,22)/b13-12+/t15-,16+,17+,18-,19+/m0/s1. The molecular weight excluding hydrogens is 336 g/mol. The van der Waals surface area contributed by atoms with Crippen LogP contribution in [0.1, 0.15) is 77.6 Å². The lowest BCUT2D eigenvalue weighted by Crippen LogP contribution is -2.29. The molecule has 1 saturated heterocycles. The number of carboxylic acid groups (broad SMARTS) is 1. The zero-order chi connectivity index (χ0) is 18.8. The number of carboxylic acids is 1. The molecule has 2 aliphatic rings. The quantitative estimate of drug-likeness (QED) is 0.199. The van der Waals surface area contributed by atoms with Gasteiger partial charge in [0.15, 0.2) is 0 Å². The SMILES string of the molecule is CCCCC[C@@H](/C=C/[C@@H]1[C@@H](CCCCCCC(=O)O)[C@@H]2C[C@H]1OO2)OO. The first kappa shape index (κ1) is 21.4. The van der Waals surface area contributed by atoms with Crippen molar-refractivity contribution in [2.45, 2.75) is 95.9 Å². The van der Waals surface area contributed by atoms with E-state index in [1.54, 1.807) is 0 Å². The van der Waals surface area contributed by atoms with E-state index < -0.39 is 5.97 Å². The monoisotopic (exact) mass is 370 g/mol. The van der Waals surface area contributed by atoms with Gasteiger partial charge in [0.2, 0.25) is 0 Å². The molecule has 2 rings (SSSR count). The first-order chi connectivity index (χ1) is 12.7. The van der Waals surface area contributed by atoms with Crippen LogP contribution in [-0.2, 0) is 19.5 Å². The van der Waals surface area contributed by atoms with Gasteiger partial charge in [-0.05, 0) is 25.2 Å². The van der Waals surface area contributed by atoms with Crippen molar-refractivity contribution in [3.63, 3.8) is 0 Å². The van der Waals surface area contributed by atoms with Crippen molar-refractivity contribution < 1.29 is 29.8 Å². The van der Waals surface area contributed by atoms with Gasteiger partial charge in [0.25, 0.3) is 0 Å². The Morgan fingerprint density at radius 2 is 1.92 bits per heavy atom. The topological polar surface area (TPSA) is 85.2 Å². The van der Waals surface area contributed by atoms with Crippen molar-refractivity contribution in [3.8, 4) is 0 Å². The third-order valence-corrected chi connectivity index (χ3v) is 5.62. The van der Waals surface area contributed by atoms with Gasteiger partial charge in [0.05, 0.1) is 6.10 Å². The van der Waals surface area contributed by atoms with Crippen LogP contribution in [0.15, 0.2) is 12.2 Å². The molecule has 1 saturated carbocycles. The zero-order valence-electron chi connectivity index (χ0n) is 15.8. The number of hydrogen-bond acceptors (Lipinski definition) is 5. The van der Waals surface area contributed by atoms with Gasteiger partial charge in [0.1, 0.15) is 12.2 Å². The predicted molar refractivity (Wildman–Crippen MR) is 97.5 cm³/mol. The summed E-state index contributed by atoms with van der Waals surface area (Å²) in [5.41, 5.74) is 0. The Labute approximate surface area is 156 Å². The zero-order valence-corrected chi connectivity index (χ0v) is 15.8. The minimum absolute atomic E-state index is 0.100. The third kappa shape index (κ3) is 6.65. The fraction of sp³-hybridized carbons (Fsp3) is 0.850. The van der Waals surface area contributed by atoms with Gasteiger partial charge < -0.3 is 5.11 Å². The van der Waals surface area contributed by atoms with Crippen LogP contribution in [0.5, 0.6) is 0 Å². The Hall–Kier alpha value is -0.950. The minimum atomic E-state index is -0.714. The summed E-state index contributed by atoms with van der Waals surface area (Å²) in [6.07, 6.45) is 14.4. The molecule has 0 aromatic rings. The number of rotatable bonds is 14. The van der Waals surface area contributed by atoms with Crippen LogP contribution in [0.3, 0.4) is 0 Å². The van der Waals surface area contributed by atoms with Crippen LogP contribution in [0, 0.1) is 11.8 Å². The molecule has 0 unspecified atom stereocenters. The average Bonchev–Trinajstić information content (AvgIpc) is 3.22. The van der Waals surface area contributed by atoms with E-state index in [9.17, 15) is 4.79 Å². The summed E-state index contributed by atoms with van der Waals surface area (Å²) in [6.45, 7) is 2.16. The molecule has 0 spiro atoms. The molecule has 0 aromatic carbocycles. The number of carbonyl (C=O) groups is 1. The summed E-state index contributed by atoms with van der Waals surface area (Å²) in [4.78, 5) is 26.0. The van der Waals surface area contributed by atoms with Crippen LogP contribution in [0.4, 0.5) is 0 Å². The summed E-state index contributed by atoms with van der Waals surface area (Å²) in [5.74, 6) is 0.0181. The predicted octanol–water partition coefficient (Wildman–Crippen LogP) is 4.74. The van der Waals surface area contributed by atoms with Crippen molar-refractivity contribution in [3.05, 3.63) is 12.2 Å². The van der Waals surface area contributed by atoms with Crippen molar-refractivity contribution in [2.75, 3.05) is 0 Å². The van der Waals surface area contributed by atoms with Gasteiger partial charge in [-0.25, -0.2) is 14.7 Å². The van der Waals surface area contributed by atoms with E-state index in [0.717, 1.165) is 64.2 Å². The maximum Gasteiger partial charge on any atom is 0.303 e. The molecule has 0 amide bonds. The fourth-order valence-electron chi connectivity index (χ4n) is 4.13. The van der Waals surface area contributed by atoms with E-state index in [4.69, 9.17) is 20.1 Å².